The lowest BCUT2D eigenvalue weighted by Crippen LogP contribution is -2.24. The van der Waals surface area contributed by atoms with Gasteiger partial charge in [-0.05, 0) is 50.7 Å². The third-order valence-electron chi connectivity index (χ3n) is 5.86. The van der Waals surface area contributed by atoms with E-state index in [9.17, 15) is 5.11 Å². The number of aryl methyl sites for hydroxylation is 2. The van der Waals surface area contributed by atoms with Crippen molar-refractivity contribution >= 4 is 34.3 Å². The Hall–Kier alpha value is -2.38. The number of rotatable bonds is 5. The molecule has 3 aromatic rings. The van der Waals surface area contributed by atoms with Gasteiger partial charge in [0.2, 0.25) is 5.95 Å². The number of hydrogen-bond acceptors (Lipinski definition) is 7. The van der Waals surface area contributed by atoms with Gasteiger partial charge in [0.15, 0.2) is 5.58 Å². The first-order chi connectivity index (χ1) is 14.3. The number of halogens is 1. The highest BCUT2D eigenvalue weighted by molar-refractivity contribution is 6.32. The number of aliphatic hydroxyl groups excluding tert-OH is 1. The van der Waals surface area contributed by atoms with Crippen molar-refractivity contribution < 1.29 is 9.52 Å². The van der Waals surface area contributed by atoms with Gasteiger partial charge in [0.25, 0.3) is 0 Å². The summed E-state index contributed by atoms with van der Waals surface area (Å²) in [5.41, 5.74) is 3.16. The lowest BCUT2D eigenvalue weighted by Gasteiger charge is -2.21. The molecule has 0 amide bonds. The molecule has 160 valence electrons. The Morgan fingerprint density at radius 1 is 1.20 bits per heavy atom. The van der Waals surface area contributed by atoms with E-state index in [-0.39, 0.29) is 12.6 Å². The maximum absolute atomic E-state index is 9.59. The standard InChI is InChI=1S/C22H28ClN5O2/c1-11-6-14(10-29)8-16(11)25-21-18(20(23)26-22(27-21)28(4)5)17-9-15-7-12(2)24-13(3)19(15)30-17/h7,9,11,14,16,29H,6,8,10H2,1-5H3,(H,25,26,27)/t11-,14-,16-/m1/s1. The summed E-state index contributed by atoms with van der Waals surface area (Å²) in [5, 5.41) is 14.5. The number of nitrogens with one attached hydrogen (secondary N) is 1. The summed E-state index contributed by atoms with van der Waals surface area (Å²) in [4.78, 5) is 15.5. The summed E-state index contributed by atoms with van der Waals surface area (Å²) < 4.78 is 6.17. The number of pyridine rings is 1. The van der Waals surface area contributed by atoms with Crippen LogP contribution in [0.25, 0.3) is 22.3 Å². The van der Waals surface area contributed by atoms with Crippen molar-refractivity contribution in [3.05, 3.63) is 28.7 Å². The van der Waals surface area contributed by atoms with Crippen LogP contribution in [-0.2, 0) is 0 Å². The van der Waals surface area contributed by atoms with E-state index in [1.807, 2.05) is 45.0 Å². The van der Waals surface area contributed by atoms with Gasteiger partial charge in [-0.15, -0.1) is 0 Å². The number of aliphatic hydroxyl groups is 1. The van der Waals surface area contributed by atoms with Crippen LogP contribution < -0.4 is 10.2 Å². The Kier molecular flexibility index (Phi) is 5.59. The lowest BCUT2D eigenvalue weighted by atomic mass is 10.1. The SMILES string of the molecule is Cc1cc2cc(-c3c(Cl)nc(N(C)C)nc3N[C@@H]3C[C@H](CO)C[C@H]3C)oc2c(C)n1. The van der Waals surface area contributed by atoms with Crippen LogP contribution in [-0.4, -0.2) is 46.8 Å². The van der Waals surface area contributed by atoms with Gasteiger partial charge in [0.1, 0.15) is 16.7 Å². The van der Waals surface area contributed by atoms with Gasteiger partial charge in [-0.2, -0.15) is 4.98 Å². The highest BCUT2D eigenvalue weighted by Crippen LogP contribution is 2.40. The van der Waals surface area contributed by atoms with Crippen LogP contribution in [0.15, 0.2) is 16.5 Å². The van der Waals surface area contributed by atoms with E-state index in [1.54, 1.807) is 0 Å². The fourth-order valence-electron chi connectivity index (χ4n) is 4.34. The van der Waals surface area contributed by atoms with Gasteiger partial charge >= 0.3 is 0 Å². The monoisotopic (exact) mass is 429 g/mol. The number of fused-ring (bicyclic) bond motifs is 1. The minimum atomic E-state index is 0.192. The lowest BCUT2D eigenvalue weighted by molar-refractivity contribution is 0.226. The zero-order chi connectivity index (χ0) is 21.6. The highest BCUT2D eigenvalue weighted by Gasteiger charge is 2.32. The van der Waals surface area contributed by atoms with Gasteiger partial charge in [0, 0.05) is 37.8 Å². The van der Waals surface area contributed by atoms with E-state index >= 15 is 0 Å². The Balaban J connectivity index is 1.82. The van der Waals surface area contributed by atoms with Gasteiger partial charge in [-0.25, -0.2) is 4.98 Å². The highest BCUT2D eigenvalue weighted by atomic mass is 35.5. The van der Waals surface area contributed by atoms with E-state index in [0.717, 1.165) is 35.2 Å². The molecular weight excluding hydrogens is 402 g/mol. The second-order valence-corrected chi connectivity index (χ2v) is 8.92. The topological polar surface area (TPSA) is 87.3 Å². The molecule has 2 N–H and O–H groups in total. The van der Waals surface area contributed by atoms with Crippen LogP contribution in [0.1, 0.15) is 31.2 Å². The average Bonchev–Trinajstić information content (AvgIpc) is 3.25. The second kappa shape index (κ2) is 8.04. The number of anilines is 2. The summed E-state index contributed by atoms with van der Waals surface area (Å²) >= 11 is 6.66. The summed E-state index contributed by atoms with van der Waals surface area (Å²) in [5.74, 6) is 2.50. The van der Waals surface area contributed by atoms with Crippen molar-refractivity contribution in [3.8, 4) is 11.3 Å². The maximum Gasteiger partial charge on any atom is 0.228 e. The number of nitrogens with zero attached hydrogens (tertiary/aromatic N) is 4. The maximum atomic E-state index is 9.59. The molecular formula is C22H28ClN5O2. The normalized spacial score (nSPS) is 21.4. The molecule has 3 heterocycles. The molecule has 7 nitrogen and oxygen atoms in total. The number of aromatic nitrogens is 3. The smallest absolute Gasteiger partial charge is 0.228 e. The van der Waals surface area contributed by atoms with Gasteiger partial charge in [0.05, 0.1) is 11.3 Å². The first-order valence-corrected chi connectivity index (χ1v) is 10.6. The van der Waals surface area contributed by atoms with Gasteiger partial charge in [-0.1, -0.05) is 18.5 Å². The fourth-order valence-corrected chi connectivity index (χ4v) is 4.60. The number of hydrogen-bond donors (Lipinski definition) is 2. The van der Waals surface area contributed by atoms with E-state index in [2.05, 4.69) is 22.2 Å². The molecule has 8 heteroatoms. The van der Waals surface area contributed by atoms with Crippen molar-refractivity contribution in [3.63, 3.8) is 0 Å². The van der Waals surface area contributed by atoms with Gasteiger partial charge < -0.3 is 19.7 Å². The third-order valence-corrected chi connectivity index (χ3v) is 6.13. The molecule has 0 bridgehead atoms. The summed E-state index contributed by atoms with van der Waals surface area (Å²) in [6.45, 7) is 6.30. The molecule has 0 spiro atoms. The Morgan fingerprint density at radius 2 is 1.97 bits per heavy atom. The summed E-state index contributed by atoms with van der Waals surface area (Å²) in [7, 11) is 3.77. The molecule has 1 fully saturated rings. The Morgan fingerprint density at radius 3 is 2.63 bits per heavy atom. The van der Waals surface area contributed by atoms with Crippen molar-refractivity contribution in [2.45, 2.75) is 39.7 Å². The predicted molar refractivity (Wildman–Crippen MR) is 120 cm³/mol. The molecule has 3 atom stereocenters. The van der Waals surface area contributed by atoms with E-state index in [4.69, 9.17) is 21.0 Å². The number of furan rings is 1. The largest absolute Gasteiger partial charge is 0.454 e. The summed E-state index contributed by atoms with van der Waals surface area (Å²) in [6.07, 6.45) is 1.87. The zero-order valence-corrected chi connectivity index (χ0v) is 18.8. The minimum absolute atomic E-state index is 0.192. The molecule has 0 saturated heterocycles. The Bertz CT molecular complexity index is 1080. The first-order valence-electron chi connectivity index (χ1n) is 10.3. The van der Waals surface area contributed by atoms with E-state index in [0.29, 0.717) is 40.1 Å². The van der Waals surface area contributed by atoms with Gasteiger partial charge in [-0.3, -0.25) is 4.98 Å². The molecule has 1 saturated carbocycles. The minimum Gasteiger partial charge on any atom is -0.454 e. The zero-order valence-electron chi connectivity index (χ0n) is 18.0. The van der Waals surface area contributed by atoms with Crippen molar-refractivity contribution in [1.29, 1.82) is 0 Å². The molecule has 3 aromatic heterocycles. The predicted octanol–water partition coefficient (Wildman–Crippen LogP) is 4.44. The first kappa shape index (κ1) is 20.9. The molecule has 1 aliphatic rings. The van der Waals surface area contributed by atoms with Crippen LogP contribution in [0.5, 0.6) is 0 Å². The van der Waals surface area contributed by atoms with Crippen LogP contribution in [0.3, 0.4) is 0 Å². The average molecular weight is 430 g/mol. The molecule has 0 aliphatic heterocycles. The molecule has 1 aliphatic carbocycles. The van der Waals surface area contributed by atoms with Crippen molar-refractivity contribution in [2.24, 2.45) is 11.8 Å². The molecule has 4 rings (SSSR count). The molecule has 0 aromatic carbocycles. The van der Waals surface area contributed by atoms with E-state index < -0.39 is 0 Å². The van der Waals surface area contributed by atoms with Crippen LogP contribution in [0, 0.1) is 25.7 Å². The van der Waals surface area contributed by atoms with Crippen LogP contribution >= 0.6 is 11.6 Å². The van der Waals surface area contributed by atoms with Crippen molar-refractivity contribution in [2.75, 3.05) is 30.9 Å². The molecule has 0 radical (unpaired) electrons. The van der Waals surface area contributed by atoms with E-state index in [1.165, 1.54) is 0 Å². The van der Waals surface area contributed by atoms with Crippen molar-refractivity contribution in [1.82, 2.24) is 15.0 Å². The Labute approximate surface area is 181 Å². The third kappa shape index (κ3) is 3.84. The second-order valence-electron chi connectivity index (χ2n) is 8.56. The van der Waals surface area contributed by atoms with Crippen LogP contribution in [0.4, 0.5) is 11.8 Å². The molecule has 30 heavy (non-hydrogen) atoms. The quantitative estimate of drug-likeness (QED) is 0.579. The molecule has 0 unspecified atom stereocenters. The van der Waals surface area contributed by atoms with Crippen LogP contribution in [0.2, 0.25) is 5.15 Å². The summed E-state index contributed by atoms with van der Waals surface area (Å²) in [6, 6.07) is 4.16. The fraction of sp³-hybridized carbons (Fsp3) is 0.500.